The van der Waals surface area contributed by atoms with E-state index in [1.807, 2.05) is 6.07 Å². The normalized spacial score (nSPS) is 9.60. The molecule has 1 amide bonds. The minimum absolute atomic E-state index is 0.0235. The third kappa shape index (κ3) is 3.09. The second kappa shape index (κ2) is 5.81. The Morgan fingerprint density at radius 3 is 2.35 bits per heavy atom. The van der Waals surface area contributed by atoms with Crippen LogP contribution in [-0.4, -0.2) is 11.7 Å². The highest BCUT2D eigenvalue weighted by molar-refractivity contribution is 6.04. The molecule has 2 aromatic rings. The largest absolute Gasteiger partial charge is 0.322 e. The van der Waals surface area contributed by atoms with Crippen LogP contribution in [0.2, 0.25) is 0 Å². The molecule has 0 unspecified atom stereocenters. The Morgan fingerprint density at radius 2 is 1.75 bits per heavy atom. The first kappa shape index (κ1) is 13.5. The smallest absolute Gasteiger partial charge is 0.255 e. The number of nitrogens with zero attached hydrogens (tertiary/aromatic N) is 1. The second-order valence-corrected chi connectivity index (χ2v) is 4.28. The van der Waals surface area contributed by atoms with E-state index >= 15 is 0 Å². The fourth-order valence-corrected chi connectivity index (χ4v) is 1.72. The van der Waals surface area contributed by atoms with Crippen LogP contribution in [0.3, 0.4) is 0 Å². The Kier molecular flexibility index (Phi) is 3.92. The number of nitriles is 1. The monoisotopic (exact) mass is 264 g/mol. The summed E-state index contributed by atoms with van der Waals surface area (Å²) in [6.45, 7) is 1.49. The number of anilines is 1. The number of Topliss-reactive ketones (excluding diaryl/α,β-unsaturated/α-hetero) is 1. The minimum atomic E-state index is -0.294. The van der Waals surface area contributed by atoms with Crippen LogP contribution in [0.15, 0.2) is 48.5 Å². The van der Waals surface area contributed by atoms with Gasteiger partial charge in [-0.1, -0.05) is 6.07 Å². The molecule has 0 saturated carbocycles. The summed E-state index contributed by atoms with van der Waals surface area (Å²) in [5, 5.41) is 11.5. The molecule has 0 atom stereocenters. The third-order valence-corrected chi connectivity index (χ3v) is 2.80. The molecule has 4 heteroatoms. The molecule has 0 radical (unpaired) electrons. The van der Waals surface area contributed by atoms with Crippen molar-refractivity contribution >= 4 is 17.4 Å². The lowest BCUT2D eigenvalue weighted by Gasteiger charge is -2.06. The Morgan fingerprint density at radius 1 is 1.05 bits per heavy atom. The summed E-state index contributed by atoms with van der Waals surface area (Å²) in [6, 6.07) is 15.1. The van der Waals surface area contributed by atoms with Crippen LogP contribution in [-0.2, 0) is 0 Å². The SMILES string of the molecule is CC(=O)c1ccc(NC(=O)c2cccc(C#N)c2)cc1. The van der Waals surface area contributed by atoms with Crippen LogP contribution in [0, 0.1) is 11.3 Å². The lowest BCUT2D eigenvalue weighted by Crippen LogP contribution is -2.12. The van der Waals surface area contributed by atoms with Crippen LogP contribution in [0.4, 0.5) is 5.69 Å². The van der Waals surface area contributed by atoms with Crippen molar-refractivity contribution in [3.8, 4) is 6.07 Å². The zero-order chi connectivity index (χ0) is 14.5. The first-order chi connectivity index (χ1) is 9.60. The summed E-state index contributed by atoms with van der Waals surface area (Å²) >= 11 is 0. The van der Waals surface area contributed by atoms with Gasteiger partial charge in [0.2, 0.25) is 0 Å². The number of ketones is 1. The van der Waals surface area contributed by atoms with Gasteiger partial charge in [0, 0.05) is 16.8 Å². The molecule has 0 heterocycles. The van der Waals surface area contributed by atoms with Gasteiger partial charge in [-0.2, -0.15) is 5.26 Å². The number of amides is 1. The molecule has 4 nitrogen and oxygen atoms in total. The molecule has 0 aliphatic carbocycles. The highest BCUT2D eigenvalue weighted by atomic mass is 16.1. The van der Waals surface area contributed by atoms with Crippen LogP contribution < -0.4 is 5.32 Å². The van der Waals surface area contributed by atoms with Crippen molar-refractivity contribution in [3.05, 3.63) is 65.2 Å². The highest BCUT2D eigenvalue weighted by Crippen LogP contribution is 2.12. The van der Waals surface area contributed by atoms with Gasteiger partial charge in [0.15, 0.2) is 5.78 Å². The average Bonchev–Trinajstić information content (AvgIpc) is 2.47. The number of benzene rings is 2. The highest BCUT2D eigenvalue weighted by Gasteiger charge is 2.07. The van der Waals surface area contributed by atoms with E-state index in [-0.39, 0.29) is 11.7 Å². The van der Waals surface area contributed by atoms with Crippen LogP contribution in [0.1, 0.15) is 33.2 Å². The standard InChI is InChI=1S/C16H12N2O2/c1-11(19)13-5-7-15(8-6-13)18-16(20)14-4-2-3-12(9-14)10-17/h2-9H,1H3,(H,18,20). The van der Waals surface area contributed by atoms with E-state index in [9.17, 15) is 9.59 Å². The van der Waals surface area contributed by atoms with Gasteiger partial charge in [-0.3, -0.25) is 9.59 Å². The van der Waals surface area contributed by atoms with E-state index in [1.165, 1.54) is 13.0 Å². The van der Waals surface area contributed by atoms with Gasteiger partial charge < -0.3 is 5.32 Å². The van der Waals surface area contributed by atoms with Crippen LogP contribution in [0.25, 0.3) is 0 Å². The lowest BCUT2D eigenvalue weighted by atomic mass is 10.1. The fourth-order valence-electron chi connectivity index (χ4n) is 1.72. The summed E-state index contributed by atoms with van der Waals surface area (Å²) in [5.41, 5.74) is 2.04. The molecule has 0 fully saturated rings. The van der Waals surface area contributed by atoms with Gasteiger partial charge in [-0.15, -0.1) is 0 Å². The molecular weight excluding hydrogens is 252 g/mol. The predicted octanol–water partition coefficient (Wildman–Crippen LogP) is 3.01. The van der Waals surface area contributed by atoms with Crippen molar-refractivity contribution in [2.24, 2.45) is 0 Å². The zero-order valence-corrected chi connectivity index (χ0v) is 10.9. The Hall–Kier alpha value is -2.93. The topological polar surface area (TPSA) is 70.0 Å². The number of nitrogens with one attached hydrogen (secondary N) is 1. The Labute approximate surface area is 116 Å². The molecule has 0 saturated heterocycles. The summed E-state index contributed by atoms with van der Waals surface area (Å²) < 4.78 is 0. The molecule has 1 N–H and O–H groups in total. The van der Waals surface area contributed by atoms with Gasteiger partial charge in [0.1, 0.15) is 0 Å². The maximum absolute atomic E-state index is 12.0. The average molecular weight is 264 g/mol. The van der Waals surface area contributed by atoms with Crippen molar-refractivity contribution in [2.75, 3.05) is 5.32 Å². The molecule has 2 rings (SSSR count). The van der Waals surface area contributed by atoms with Crippen molar-refractivity contribution in [1.82, 2.24) is 0 Å². The quantitative estimate of drug-likeness (QED) is 0.866. The number of carbonyl (C=O) groups is 2. The maximum Gasteiger partial charge on any atom is 0.255 e. The summed E-state index contributed by atoms with van der Waals surface area (Å²) in [4.78, 5) is 23.2. The molecule has 0 aromatic heterocycles. The first-order valence-corrected chi connectivity index (χ1v) is 6.02. The lowest BCUT2D eigenvalue weighted by molar-refractivity contribution is 0.101. The van der Waals surface area contributed by atoms with Crippen molar-refractivity contribution in [1.29, 1.82) is 5.26 Å². The number of rotatable bonds is 3. The van der Waals surface area contributed by atoms with Gasteiger partial charge >= 0.3 is 0 Å². The van der Waals surface area contributed by atoms with E-state index in [0.29, 0.717) is 22.4 Å². The van der Waals surface area contributed by atoms with E-state index in [4.69, 9.17) is 5.26 Å². The first-order valence-electron chi connectivity index (χ1n) is 6.02. The van der Waals surface area contributed by atoms with Crippen molar-refractivity contribution in [2.45, 2.75) is 6.92 Å². The minimum Gasteiger partial charge on any atom is -0.322 e. The van der Waals surface area contributed by atoms with Crippen LogP contribution >= 0.6 is 0 Å². The predicted molar refractivity (Wildman–Crippen MR) is 75.6 cm³/mol. The third-order valence-electron chi connectivity index (χ3n) is 2.80. The summed E-state index contributed by atoms with van der Waals surface area (Å²) in [6.07, 6.45) is 0. The summed E-state index contributed by atoms with van der Waals surface area (Å²) in [7, 11) is 0. The molecule has 0 spiro atoms. The molecule has 2 aromatic carbocycles. The molecule has 0 aliphatic heterocycles. The number of hydrogen-bond donors (Lipinski definition) is 1. The van der Waals surface area contributed by atoms with Crippen molar-refractivity contribution in [3.63, 3.8) is 0 Å². The second-order valence-electron chi connectivity index (χ2n) is 4.28. The summed E-state index contributed by atoms with van der Waals surface area (Å²) in [5.74, 6) is -0.317. The van der Waals surface area contributed by atoms with E-state index in [2.05, 4.69) is 5.32 Å². The molecule has 0 bridgehead atoms. The Bertz CT molecular complexity index is 697. The number of hydrogen-bond acceptors (Lipinski definition) is 3. The van der Waals surface area contributed by atoms with Gasteiger partial charge in [0.05, 0.1) is 11.6 Å². The molecule has 0 aliphatic rings. The zero-order valence-electron chi connectivity index (χ0n) is 10.9. The van der Waals surface area contributed by atoms with Gasteiger partial charge in [-0.25, -0.2) is 0 Å². The molecular formula is C16H12N2O2. The van der Waals surface area contributed by atoms with E-state index in [1.54, 1.807) is 42.5 Å². The van der Waals surface area contributed by atoms with E-state index < -0.39 is 0 Å². The fraction of sp³-hybridized carbons (Fsp3) is 0.0625. The molecule has 98 valence electrons. The van der Waals surface area contributed by atoms with Crippen LogP contribution in [0.5, 0.6) is 0 Å². The molecule has 20 heavy (non-hydrogen) atoms. The number of carbonyl (C=O) groups excluding carboxylic acids is 2. The van der Waals surface area contributed by atoms with E-state index in [0.717, 1.165) is 0 Å². The van der Waals surface area contributed by atoms with Gasteiger partial charge in [-0.05, 0) is 49.4 Å². The van der Waals surface area contributed by atoms with Crippen molar-refractivity contribution < 1.29 is 9.59 Å². The Balaban J connectivity index is 2.15. The van der Waals surface area contributed by atoms with Gasteiger partial charge in [0.25, 0.3) is 5.91 Å². The maximum atomic E-state index is 12.0.